The third-order valence-electron chi connectivity index (χ3n) is 11.6. The molecule has 0 saturated heterocycles. The second-order valence-electron chi connectivity index (χ2n) is 18.9. The van der Waals surface area contributed by atoms with Gasteiger partial charge in [-0.25, -0.2) is 4.79 Å². The highest BCUT2D eigenvalue weighted by molar-refractivity contribution is 7.98. The number of unbranched alkanes of at least 4 members (excludes halogenated alkanes) is 5. The van der Waals surface area contributed by atoms with E-state index in [0.717, 1.165) is 49.4 Å². The lowest BCUT2D eigenvalue weighted by Crippen LogP contribution is -2.58. The lowest BCUT2D eigenvalue weighted by molar-refractivity contribution is -0.144. The van der Waals surface area contributed by atoms with Gasteiger partial charge >= 0.3 is 12.1 Å². The number of aliphatic carboxylic acids is 1. The molecule has 9 N–H and O–H groups in total. The summed E-state index contributed by atoms with van der Waals surface area (Å²) in [4.78, 5) is 114. The Morgan fingerprint density at radius 2 is 1.25 bits per heavy atom. The fraction of sp³-hybridized carbons (Fsp3) is 0.577. The molecule has 0 aliphatic heterocycles. The number of carboxylic acid groups (broad SMARTS) is 1. The van der Waals surface area contributed by atoms with E-state index in [0.29, 0.717) is 42.8 Å². The number of hydrogen-bond acceptors (Lipinski definition) is 11. The highest BCUT2D eigenvalue weighted by Crippen LogP contribution is 2.20. The molecule has 72 heavy (non-hydrogen) atoms. The largest absolute Gasteiger partial charge is 0.508 e. The standard InChI is InChI=1S/C52H78N8O11S/c1-8-11-16-26-60(27-17-12-9-2)50(69)43(31-45(63)64)58-47(66)40(25-28-72-7)57-49(68)42(30-35-32-53-38-20-15-14-18-37(35)38)55-44(62)33-54-46(65)39(19-13-10-3)56-48(67)41(59-51(70)71-52(4,5)6)29-34-21-23-36(61)24-22-34/h14-15,18,20-24,32,39-43,53,61H,8-13,16-17,19,25-31,33H2,1-7H3,(H,54,65)(H,55,62)(H,56,67)(H,57,68)(H,58,66)(H,59,70)(H,63,64)/t39-,40-,41-,42-,43-/m0/s1. The molecule has 3 aromatic rings. The summed E-state index contributed by atoms with van der Waals surface area (Å²) in [6.07, 6.45) is 8.47. The van der Waals surface area contributed by atoms with Crippen LogP contribution in [0.5, 0.6) is 5.75 Å². The first-order chi connectivity index (χ1) is 34.3. The fourth-order valence-electron chi connectivity index (χ4n) is 7.82. The fourth-order valence-corrected chi connectivity index (χ4v) is 8.29. The zero-order valence-electron chi connectivity index (χ0n) is 43.0. The number of carboxylic acids is 1. The molecule has 0 unspecified atom stereocenters. The summed E-state index contributed by atoms with van der Waals surface area (Å²) in [5.41, 5.74) is 1.18. The maximum atomic E-state index is 14.4. The normalized spacial score (nSPS) is 13.4. The molecular formula is C52H78N8O11S. The number of carbonyl (C=O) groups is 8. The van der Waals surface area contributed by atoms with Crippen LogP contribution in [0.3, 0.4) is 0 Å². The van der Waals surface area contributed by atoms with Crippen molar-refractivity contribution in [3.8, 4) is 5.75 Å². The Labute approximate surface area is 427 Å². The number of benzene rings is 2. The van der Waals surface area contributed by atoms with E-state index in [1.165, 1.54) is 23.9 Å². The number of aromatic amines is 1. The Kier molecular flexibility index (Phi) is 26.0. The Bertz CT molecular complexity index is 2220. The lowest BCUT2D eigenvalue weighted by Gasteiger charge is -2.29. The van der Waals surface area contributed by atoms with Crippen molar-refractivity contribution in [3.63, 3.8) is 0 Å². The molecule has 20 heteroatoms. The number of H-pyrrole nitrogens is 1. The molecule has 7 amide bonds. The highest BCUT2D eigenvalue weighted by atomic mass is 32.2. The number of nitrogens with zero attached hydrogens (tertiary/aromatic N) is 1. The molecule has 0 aliphatic carbocycles. The minimum Gasteiger partial charge on any atom is -0.508 e. The van der Waals surface area contributed by atoms with Gasteiger partial charge in [0.15, 0.2) is 0 Å². The molecule has 2 aromatic carbocycles. The van der Waals surface area contributed by atoms with Crippen molar-refractivity contribution in [1.29, 1.82) is 0 Å². The number of ether oxygens (including phenoxy) is 1. The summed E-state index contributed by atoms with van der Waals surface area (Å²) in [6.45, 7) is 11.2. The molecule has 0 radical (unpaired) electrons. The van der Waals surface area contributed by atoms with E-state index in [4.69, 9.17) is 4.74 Å². The van der Waals surface area contributed by atoms with Crippen LogP contribution in [0.2, 0.25) is 0 Å². The summed E-state index contributed by atoms with van der Waals surface area (Å²) >= 11 is 1.41. The van der Waals surface area contributed by atoms with Crippen molar-refractivity contribution in [2.75, 3.05) is 31.6 Å². The number of nitrogens with one attached hydrogen (secondary N) is 7. The molecule has 0 saturated carbocycles. The monoisotopic (exact) mass is 1020 g/mol. The molecular weight excluding hydrogens is 945 g/mol. The van der Waals surface area contributed by atoms with Crippen LogP contribution in [0.25, 0.3) is 10.9 Å². The van der Waals surface area contributed by atoms with Crippen LogP contribution in [0.4, 0.5) is 4.79 Å². The van der Waals surface area contributed by atoms with E-state index in [-0.39, 0.29) is 31.4 Å². The van der Waals surface area contributed by atoms with Gasteiger partial charge in [-0.2, -0.15) is 11.8 Å². The molecule has 0 aliphatic rings. The van der Waals surface area contributed by atoms with Crippen molar-refractivity contribution < 1.29 is 53.3 Å². The Balaban J connectivity index is 1.86. The third-order valence-corrected chi connectivity index (χ3v) is 12.3. The zero-order chi connectivity index (χ0) is 53.2. The first-order valence-corrected chi connectivity index (χ1v) is 26.5. The number of amides is 7. The van der Waals surface area contributed by atoms with Gasteiger partial charge in [-0.05, 0) is 87.8 Å². The van der Waals surface area contributed by atoms with E-state index in [1.807, 2.05) is 51.3 Å². The Morgan fingerprint density at radius 3 is 1.83 bits per heavy atom. The highest BCUT2D eigenvalue weighted by Gasteiger charge is 2.34. The van der Waals surface area contributed by atoms with Gasteiger partial charge < -0.3 is 56.7 Å². The number of aromatic hydroxyl groups is 1. The number of carbonyl (C=O) groups excluding carboxylic acids is 7. The number of thioether (sulfide) groups is 1. The lowest BCUT2D eigenvalue weighted by atomic mass is 10.0. The predicted octanol–water partition coefficient (Wildman–Crippen LogP) is 5.23. The third kappa shape index (κ3) is 21.6. The molecule has 0 spiro atoms. The average Bonchev–Trinajstić information content (AvgIpc) is 3.74. The Morgan fingerprint density at radius 1 is 0.681 bits per heavy atom. The number of phenols is 1. The second-order valence-corrected chi connectivity index (χ2v) is 19.9. The summed E-state index contributed by atoms with van der Waals surface area (Å²) in [5.74, 6) is -5.02. The molecule has 0 fully saturated rings. The molecule has 3 rings (SSSR count). The van der Waals surface area contributed by atoms with Crippen molar-refractivity contribution in [2.45, 2.75) is 161 Å². The van der Waals surface area contributed by atoms with Crippen molar-refractivity contribution in [2.24, 2.45) is 0 Å². The SMILES string of the molecule is CCCCCN(CCCCC)C(=O)[C@H](CC(=O)O)NC(=O)[C@H](CCSC)NC(=O)[C@H](Cc1c[nH]c2ccccc12)NC(=O)CNC(=O)[C@H](CCCC)NC(=O)[C@H](Cc1ccc(O)cc1)NC(=O)OC(C)(C)C. The van der Waals surface area contributed by atoms with Gasteiger partial charge in [0.1, 0.15) is 41.6 Å². The first kappa shape index (κ1) is 60.0. The van der Waals surface area contributed by atoms with E-state index in [2.05, 4.69) is 36.9 Å². The number of para-hydroxylation sites is 1. The minimum absolute atomic E-state index is 0.00649. The summed E-state index contributed by atoms with van der Waals surface area (Å²) < 4.78 is 5.40. The van der Waals surface area contributed by atoms with Gasteiger partial charge in [0.25, 0.3) is 0 Å². The van der Waals surface area contributed by atoms with Gasteiger partial charge in [0, 0.05) is 43.0 Å². The first-order valence-electron chi connectivity index (χ1n) is 25.1. The molecule has 5 atom stereocenters. The number of aromatic nitrogens is 1. The zero-order valence-corrected chi connectivity index (χ0v) is 43.8. The van der Waals surface area contributed by atoms with Gasteiger partial charge in [-0.1, -0.05) is 89.6 Å². The maximum Gasteiger partial charge on any atom is 0.408 e. The summed E-state index contributed by atoms with van der Waals surface area (Å²) in [6, 6.07) is 7.20. The van der Waals surface area contributed by atoms with Crippen molar-refractivity contribution in [3.05, 3.63) is 65.9 Å². The van der Waals surface area contributed by atoms with Crippen molar-refractivity contribution >= 4 is 70.2 Å². The van der Waals surface area contributed by atoms with Gasteiger partial charge in [-0.3, -0.25) is 33.6 Å². The minimum atomic E-state index is -1.39. The van der Waals surface area contributed by atoms with Crippen molar-refractivity contribution in [1.82, 2.24) is 41.8 Å². The van der Waals surface area contributed by atoms with E-state index >= 15 is 0 Å². The maximum absolute atomic E-state index is 14.4. The van der Waals surface area contributed by atoms with Gasteiger partial charge in [0.2, 0.25) is 35.4 Å². The number of alkyl carbamates (subject to hydrolysis) is 1. The number of rotatable bonds is 32. The van der Waals surface area contributed by atoms with Crippen LogP contribution in [0, 0.1) is 0 Å². The van der Waals surface area contributed by atoms with Crippen LogP contribution in [-0.2, 0) is 51.1 Å². The predicted molar refractivity (Wildman–Crippen MR) is 278 cm³/mol. The second kappa shape index (κ2) is 31.2. The van der Waals surface area contributed by atoms with E-state index < -0.39 is 96.3 Å². The molecule has 1 heterocycles. The van der Waals surface area contributed by atoms with Crippen LogP contribution < -0.4 is 31.9 Å². The number of fused-ring (bicyclic) bond motifs is 1. The summed E-state index contributed by atoms with van der Waals surface area (Å²) in [5, 5.41) is 36.4. The quantitative estimate of drug-likeness (QED) is 0.0364. The van der Waals surface area contributed by atoms with Gasteiger partial charge in [-0.15, -0.1) is 0 Å². The number of phenolic OH excluding ortho intramolecular Hbond substituents is 1. The van der Waals surface area contributed by atoms with Crippen LogP contribution >= 0.6 is 11.8 Å². The smallest absolute Gasteiger partial charge is 0.408 e. The average molecular weight is 1020 g/mol. The molecule has 0 bridgehead atoms. The van der Waals surface area contributed by atoms with E-state index in [9.17, 15) is 48.6 Å². The topological polar surface area (TPSA) is 277 Å². The molecule has 1 aromatic heterocycles. The van der Waals surface area contributed by atoms with Gasteiger partial charge in [0.05, 0.1) is 13.0 Å². The van der Waals surface area contributed by atoms with Crippen LogP contribution in [0.15, 0.2) is 54.7 Å². The van der Waals surface area contributed by atoms with Crippen LogP contribution in [-0.4, -0.2) is 135 Å². The Hall–Kier alpha value is -6.31. The number of hydrogen-bond donors (Lipinski definition) is 9. The van der Waals surface area contributed by atoms with E-state index in [1.54, 1.807) is 44.0 Å². The van der Waals surface area contributed by atoms with Crippen LogP contribution in [0.1, 0.15) is 123 Å². The molecule has 398 valence electrons. The molecule has 19 nitrogen and oxygen atoms in total. The summed E-state index contributed by atoms with van der Waals surface area (Å²) in [7, 11) is 0.